The van der Waals surface area contributed by atoms with Gasteiger partial charge in [-0.15, -0.1) is 0 Å². The van der Waals surface area contributed by atoms with Crippen molar-refractivity contribution in [3.05, 3.63) is 107 Å². The molecule has 3 aromatic carbocycles. The average molecular weight is 388 g/mol. The second-order valence-electron chi connectivity index (χ2n) is 8.93. The van der Waals surface area contributed by atoms with Crippen LogP contribution in [0.1, 0.15) is 56.1 Å². The quantitative estimate of drug-likeness (QED) is 0.529. The normalized spacial score (nSPS) is 14.0. The zero-order valence-electron chi connectivity index (χ0n) is 18.0. The maximum atomic E-state index is 11.2. The van der Waals surface area contributed by atoms with Crippen molar-refractivity contribution in [2.75, 3.05) is 0 Å². The third-order valence-corrected chi connectivity index (χ3v) is 5.61. The lowest BCUT2D eigenvalue weighted by Crippen LogP contribution is -2.36. The van der Waals surface area contributed by atoms with E-state index >= 15 is 0 Å². The van der Waals surface area contributed by atoms with Crippen molar-refractivity contribution in [3.63, 3.8) is 0 Å². The molecule has 2 atom stereocenters. The molecule has 0 aliphatic carbocycles. The summed E-state index contributed by atoms with van der Waals surface area (Å²) < 4.78 is 0. The molecule has 152 valence electrons. The summed E-state index contributed by atoms with van der Waals surface area (Å²) in [7, 11) is 0. The highest BCUT2D eigenvalue weighted by atomic mass is 16.3. The van der Waals surface area contributed by atoms with Crippen LogP contribution in [-0.4, -0.2) is 16.0 Å². The van der Waals surface area contributed by atoms with Gasteiger partial charge in [0.1, 0.15) is 0 Å². The largest absolute Gasteiger partial charge is 0.387 e. The van der Waals surface area contributed by atoms with Gasteiger partial charge in [0.2, 0.25) is 0 Å². The van der Waals surface area contributed by atoms with Crippen LogP contribution in [0.3, 0.4) is 0 Å². The van der Waals surface area contributed by atoms with Crippen LogP contribution in [0, 0.1) is 0 Å². The Labute approximate surface area is 175 Å². The molecule has 3 rings (SSSR count). The molecular weight excluding hydrogens is 354 g/mol. The van der Waals surface area contributed by atoms with Gasteiger partial charge in [-0.25, -0.2) is 0 Å². The zero-order chi connectivity index (χ0) is 20.9. The summed E-state index contributed by atoms with van der Waals surface area (Å²) in [4.78, 5) is 2.35. The molecular formula is C27H33NO. The van der Waals surface area contributed by atoms with Crippen LogP contribution >= 0.6 is 0 Å². The third-order valence-electron chi connectivity index (χ3n) is 5.61. The molecule has 0 saturated heterocycles. The Balaban J connectivity index is 1.81. The van der Waals surface area contributed by atoms with E-state index in [2.05, 4.69) is 105 Å². The fourth-order valence-corrected chi connectivity index (χ4v) is 3.64. The van der Waals surface area contributed by atoms with E-state index in [0.717, 1.165) is 18.7 Å². The van der Waals surface area contributed by atoms with Gasteiger partial charge in [0.25, 0.3) is 0 Å². The van der Waals surface area contributed by atoms with Gasteiger partial charge in [-0.2, -0.15) is 0 Å². The molecule has 3 aromatic rings. The van der Waals surface area contributed by atoms with E-state index in [1.165, 1.54) is 16.7 Å². The first-order valence-electron chi connectivity index (χ1n) is 10.4. The Bertz CT molecular complexity index is 824. The standard InChI is InChI=1S/C27H33NO/c1-21(26(29)24-15-17-25(18-16-24)27(2,3)4)28(19-22-11-7-5-8-12-22)20-23-13-9-6-10-14-23/h5-18,21,26,29H,19-20H2,1-4H3/t21-,26+/m1/s1. The summed E-state index contributed by atoms with van der Waals surface area (Å²) >= 11 is 0. The maximum absolute atomic E-state index is 11.2. The van der Waals surface area contributed by atoms with Crippen LogP contribution in [0.15, 0.2) is 84.9 Å². The van der Waals surface area contributed by atoms with E-state index < -0.39 is 6.10 Å². The molecule has 0 amide bonds. The number of nitrogens with zero attached hydrogens (tertiary/aromatic N) is 1. The topological polar surface area (TPSA) is 23.5 Å². The molecule has 0 saturated carbocycles. The monoisotopic (exact) mass is 387 g/mol. The predicted octanol–water partition coefficient (Wildman–Crippen LogP) is 6.11. The zero-order valence-corrected chi connectivity index (χ0v) is 18.0. The Morgan fingerprint density at radius 3 is 1.59 bits per heavy atom. The molecule has 0 fully saturated rings. The number of rotatable bonds is 7. The summed E-state index contributed by atoms with van der Waals surface area (Å²) in [5, 5.41) is 11.2. The number of benzene rings is 3. The summed E-state index contributed by atoms with van der Waals surface area (Å²) in [5.41, 5.74) is 4.88. The average Bonchev–Trinajstić information content (AvgIpc) is 2.73. The molecule has 1 N–H and O–H groups in total. The molecule has 0 aliphatic rings. The lowest BCUT2D eigenvalue weighted by molar-refractivity contribution is 0.0484. The van der Waals surface area contributed by atoms with E-state index in [9.17, 15) is 5.11 Å². The van der Waals surface area contributed by atoms with Crippen molar-refractivity contribution in [3.8, 4) is 0 Å². The number of aliphatic hydroxyl groups excluding tert-OH is 1. The highest BCUT2D eigenvalue weighted by Crippen LogP contribution is 2.27. The SMILES string of the molecule is C[C@H]([C@H](O)c1ccc(C(C)(C)C)cc1)N(Cc1ccccc1)Cc1ccccc1. The van der Waals surface area contributed by atoms with Gasteiger partial charge in [0.05, 0.1) is 6.10 Å². The van der Waals surface area contributed by atoms with Crippen LogP contribution in [0.5, 0.6) is 0 Å². The van der Waals surface area contributed by atoms with Crippen LogP contribution < -0.4 is 0 Å². The van der Waals surface area contributed by atoms with Crippen molar-refractivity contribution in [1.29, 1.82) is 0 Å². The summed E-state index contributed by atoms with van der Waals surface area (Å²) in [6.07, 6.45) is -0.545. The fourth-order valence-electron chi connectivity index (χ4n) is 3.64. The summed E-state index contributed by atoms with van der Waals surface area (Å²) in [5.74, 6) is 0. The second-order valence-corrected chi connectivity index (χ2v) is 8.93. The maximum Gasteiger partial charge on any atom is 0.0942 e. The molecule has 0 aromatic heterocycles. The van der Waals surface area contributed by atoms with Crippen LogP contribution in [0.25, 0.3) is 0 Å². The highest BCUT2D eigenvalue weighted by molar-refractivity contribution is 5.29. The van der Waals surface area contributed by atoms with Gasteiger partial charge in [-0.1, -0.05) is 106 Å². The van der Waals surface area contributed by atoms with Crippen molar-refractivity contribution < 1.29 is 5.11 Å². The predicted molar refractivity (Wildman–Crippen MR) is 122 cm³/mol. The summed E-state index contributed by atoms with van der Waals surface area (Å²) in [6, 6.07) is 29.4. The first-order valence-corrected chi connectivity index (χ1v) is 10.4. The molecule has 2 nitrogen and oxygen atoms in total. The molecule has 29 heavy (non-hydrogen) atoms. The van der Waals surface area contributed by atoms with E-state index in [0.29, 0.717) is 0 Å². The van der Waals surface area contributed by atoms with Crippen molar-refractivity contribution in [2.45, 2.75) is 58.3 Å². The van der Waals surface area contributed by atoms with Crippen LogP contribution in [0.2, 0.25) is 0 Å². The minimum absolute atomic E-state index is 0.0177. The smallest absolute Gasteiger partial charge is 0.0942 e. The Morgan fingerprint density at radius 2 is 1.17 bits per heavy atom. The van der Waals surface area contributed by atoms with E-state index in [-0.39, 0.29) is 11.5 Å². The van der Waals surface area contributed by atoms with Crippen molar-refractivity contribution >= 4 is 0 Å². The lowest BCUT2D eigenvalue weighted by atomic mass is 9.86. The van der Waals surface area contributed by atoms with E-state index in [4.69, 9.17) is 0 Å². The first-order chi connectivity index (χ1) is 13.8. The van der Waals surface area contributed by atoms with Crippen molar-refractivity contribution in [2.24, 2.45) is 0 Å². The lowest BCUT2D eigenvalue weighted by Gasteiger charge is -2.33. The molecule has 0 aliphatic heterocycles. The van der Waals surface area contributed by atoms with Gasteiger partial charge in [0.15, 0.2) is 0 Å². The van der Waals surface area contributed by atoms with Crippen molar-refractivity contribution in [1.82, 2.24) is 4.90 Å². The van der Waals surface area contributed by atoms with E-state index in [1.54, 1.807) is 0 Å². The Hall–Kier alpha value is -2.42. The number of hydrogen-bond acceptors (Lipinski definition) is 2. The minimum Gasteiger partial charge on any atom is -0.387 e. The Kier molecular flexibility index (Phi) is 6.89. The van der Waals surface area contributed by atoms with Gasteiger partial charge < -0.3 is 5.11 Å². The third kappa shape index (κ3) is 5.79. The Morgan fingerprint density at radius 1 is 0.724 bits per heavy atom. The molecule has 0 heterocycles. The fraction of sp³-hybridized carbons (Fsp3) is 0.333. The van der Waals surface area contributed by atoms with Gasteiger partial charge in [-0.3, -0.25) is 4.90 Å². The number of hydrogen-bond donors (Lipinski definition) is 1. The van der Waals surface area contributed by atoms with Gasteiger partial charge >= 0.3 is 0 Å². The molecule has 0 bridgehead atoms. The van der Waals surface area contributed by atoms with Gasteiger partial charge in [0, 0.05) is 19.1 Å². The van der Waals surface area contributed by atoms with Crippen LogP contribution in [-0.2, 0) is 18.5 Å². The number of aliphatic hydroxyl groups is 1. The summed E-state index contributed by atoms with van der Waals surface area (Å²) in [6.45, 7) is 10.4. The van der Waals surface area contributed by atoms with E-state index in [1.807, 2.05) is 12.1 Å². The molecule has 0 radical (unpaired) electrons. The minimum atomic E-state index is -0.545. The van der Waals surface area contributed by atoms with Crippen LogP contribution in [0.4, 0.5) is 0 Å². The highest BCUT2D eigenvalue weighted by Gasteiger charge is 2.24. The molecule has 2 heteroatoms. The molecule has 0 spiro atoms. The van der Waals surface area contributed by atoms with Gasteiger partial charge in [-0.05, 0) is 34.6 Å². The molecule has 0 unspecified atom stereocenters. The second kappa shape index (κ2) is 9.39. The first kappa shape index (κ1) is 21.3.